The molecule has 2 heterocycles. The van der Waals surface area contributed by atoms with Gasteiger partial charge < -0.3 is 15.0 Å². The number of ether oxygens (including phenoxy) is 1. The van der Waals surface area contributed by atoms with Crippen molar-refractivity contribution in [2.24, 2.45) is 0 Å². The fourth-order valence-electron chi connectivity index (χ4n) is 2.78. The highest BCUT2D eigenvalue weighted by molar-refractivity contribution is 5.85. The van der Waals surface area contributed by atoms with E-state index in [1.807, 2.05) is 11.8 Å². The van der Waals surface area contributed by atoms with Gasteiger partial charge in [0.2, 0.25) is 5.91 Å². The van der Waals surface area contributed by atoms with Gasteiger partial charge in [0.25, 0.3) is 0 Å². The second kappa shape index (κ2) is 8.74. The van der Waals surface area contributed by atoms with E-state index in [1.165, 1.54) is 0 Å². The third kappa shape index (κ3) is 4.91. The third-order valence-corrected chi connectivity index (χ3v) is 3.85. The third-order valence-electron chi connectivity index (χ3n) is 3.85. The van der Waals surface area contributed by atoms with Crippen LogP contribution >= 0.6 is 12.4 Å². The lowest BCUT2D eigenvalue weighted by Gasteiger charge is -2.32. The molecule has 0 aliphatic carbocycles. The van der Waals surface area contributed by atoms with Gasteiger partial charge in [0.05, 0.1) is 13.0 Å². The smallest absolute Gasteiger partial charge is 0.224 e. The summed E-state index contributed by atoms with van der Waals surface area (Å²) in [5.74, 6) is 0.251. The maximum Gasteiger partial charge on any atom is 0.224 e. The van der Waals surface area contributed by atoms with E-state index in [2.05, 4.69) is 10.2 Å². The lowest BCUT2D eigenvalue weighted by Crippen LogP contribution is -2.49. The summed E-state index contributed by atoms with van der Waals surface area (Å²) in [6.07, 6.45) is 1.66. The van der Waals surface area contributed by atoms with Crippen LogP contribution in [0.25, 0.3) is 0 Å². The molecule has 2 fully saturated rings. The molecule has 1 unspecified atom stereocenters. The van der Waals surface area contributed by atoms with Crippen molar-refractivity contribution in [3.05, 3.63) is 0 Å². The average Bonchev–Trinajstić information content (AvgIpc) is 2.89. The summed E-state index contributed by atoms with van der Waals surface area (Å²) in [6.45, 7) is 9.42. The van der Waals surface area contributed by atoms with Crippen molar-refractivity contribution in [3.8, 4) is 0 Å². The number of hydrogen-bond donors (Lipinski definition) is 1. The highest BCUT2D eigenvalue weighted by Crippen LogP contribution is 2.16. The van der Waals surface area contributed by atoms with Gasteiger partial charge in [-0.15, -0.1) is 12.4 Å². The first-order valence-electron chi connectivity index (χ1n) is 7.11. The van der Waals surface area contributed by atoms with Crippen molar-refractivity contribution in [1.29, 1.82) is 0 Å². The van der Waals surface area contributed by atoms with E-state index < -0.39 is 0 Å². The summed E-state index contributed by atoms with van der Waals surface area (Å²) in [5, 5.41) is 3.37. The lowest BCUT2D eigenvalue weighted by atomic mass is 10.2. The summed E-state index contributed by atoms with van der Waals surface area (Å²) < 4.78 is 5.24. The zero-order chi connectivity index (χ0) is 12.8. The minimum atomic E-state index is 0. The molecule has 0 aromatic heterocycles. The van der Waals surface area contributed by atoms with Crippen molar-refractivity contribution < 1.29 is 9.53 Å². The van der Waals surface area contributed by atoms with Gasteiger partial charge in [0.1, 0.15) is 0 Å². The molecule has 2 saturated heterocycles. The normalized spacial score (nSPS) is 24.3. The number of halogens is 1. The Morgan fingerprint density at radius 3 is 2.74 bits per heavy atom. The van der Waals surface area contributed by atoms with Crippen LogP contribution in [0.3, 0.4) is 0 Å². The Balaban J connectivity index is 0.00000180. The van der Waals surface area contributed by atoms with Crippen LogP contribution in [-0.2, 0) is 9.53 Å². The molecule has 0 aromatic carbocycles. The predicted octanol–water partition coefficient (Wildman–Crippen LogP) is 0.341. The van der Waals surface area contributed by atoms with Crippen molar-refractivity contribution in [2.75, 3.05) is 52.5 Å². The molecule has 0 saturated carbocycles. The molecule has 112 valence electrons. The molecule has 0 aromatic rings. The molecule has 6 heteroatoms. The Bertz CT molecular complexity index is 273. The second-order valence-corrected chi connectivity index (χ2v) is 5.02. The van der Waals surface area contributed by atoms with Crippen LogP contribution in [0.15, 0.2) is 0 Å². The molecule has 2 aliphatic rings. The van der Waals surface area contributed by atoms with Crippen LogP contribution in [0.2, 0.25) is 0 Å². The van der Waals surface area contributed by atoms with Crippen LogP contribution in [0.5, 0.6) is 0 Å². The lowest BCUT2D eigenvalue weighted by molar-refractivity contribution is -0.131. The fraction of sp³-hybridized carbons (Fsp3) is 0.923. The van der Waals surface area contributed by atoms with Crippen molar-refractivity contribution in [2.45, 2.75) is 25.8 Å². The van der Waals surface area contributed by atoms with E-state index in [1.54, 1.807) is 0 Å². The zero-order valence-corrected chi connectivity index (χ0v) is 12.6. The number of piperazine rings is 1. The molecular weight excluding hydrogens is 266 g/mol. The van der Waals surface area contributed by atoms with Crippen molar-refractivity contribution in [1.82, 2.24) is 15.1 Å². The SMILES string of the molecule is CCOCCC(=O)N1CCC(N2CCNCC2)C1.Cl. The maximum atomic E-state index is 12.0. The summed E-state index contributed by atoms with van der Waals surface area (Å²) in [6, 6.07) is 0.572. The quantitative estimate of drug-likeness (QED) is 0.742. The Morgan fingerprint density at radius 1 is 1.32 bits per heavy atom. The first kappa shape index (κ1) is 16.7. The average molecular weight is 292 g/mol. The highest BCUT2D eigenvalue weighted by Gasteiger charge is 2.30. The van der Waals surface area contributed by atoms with Crippen LogP contribution in [0.1, 0.15) is 19.8 Å². The molecular formula is C13H26ClN3O2. The molecule has 5 nitrogen and oxygen atoms in total. The van der Waals surface area contributed by atoms with Gasteiger partial charge in [-0.1, -0.05) is 0 Å². The maximum absolute atomic E-state index is 12.0. The molecule has 0 spiro atoms. The first-order chi connectivity index (χ1) is 8.81. The highest BCUT2D eigenvalue weighted by atomic mass is 35.5. The van der Waals surface area contributed by atoms with Crippen molar-refractivity contribution >= 4 is 18.3 Å². The molecule has 2 rings (SSSR count). The van der Waals surface area contributed by atoms with Gasteiger partial charge in [0, 0.05) is 51.9 Å². The molecule has 0 bridgehead atoms. The minimum absolute atomic E-state index is 0. The van der Waals surface area contributed by atoms with Crippen LogP contribution in [0.4, 0.5) is 0 Å². The van der Waals surface area contributed by atoms with E-state index in [4.69, 9.17) is 4.74 Å². The summed E-state index contributed by atoms with van der Waals surface area (Å²) in [4.78, 5) is 16.5. The number of rotatable bonds is 5. The molecule has 1 amide bonds. The van der Waals surface area contributed by atoms with E-state index in [-0.39, 0.29) is 18.3 Å². The number of hydrogen-bond acceptors (Lipinski definition) is 4. The summed E-state index contributed by atoms with van der Waals surface area (Å²) >= 11 is 0. The van der Waals surface area contributed by atoms with Gasteiger partial charge in [-0.3, -0.25) is 9.69 Å². The molecule has 0 radical (unpaired) electrons. The van der Waals surface area contributed by atoms with Gasteiger partial charge in [0.15, 0.2) is 0 Å². The number of carbonyl (C=O) groups is 1. The van der Waals surface area contributed by atoms with E-state index in [0.717, 1.165) is 45.7 Å². The number of likely N-dealkylation sites (tertiary alicyclic amines) is 1. The van der Waals surface area contributed by atoms with Gasteiger partial charge >= 0.3 is 0 Å². The topological polar surface area (TPSA) is 44.8 Å². The summed E-state index contributed by atoms with van der Waals surface area (Å²) in [5.41, 5.74) is 0. The zero-order valence-electron chi connectivity index (χ0n) is 11.8. The predicted molar refractivity (Wildman–Crippen MR) is 77.8 cm³/mol. The molecule has 1 N–H and O–H groups in total. The van der Waals surface area contributed by atoms with E-state index in [0.29, 0.717) is 25.7 Å². The largest absolute Gasteiger partial charge is 0.381 e. The Kier molecular flexibility index (Phi) is 7.68. The van der Waals surface area contributed by atoms with Crippen LogP contribution < -0.4 is 5.32 Å². The van der Waals surface area contributed by atoms with Crippen molar-refractivity contribution in [3.63, 3.8) is 0 Å². The van der Waals surface area contributed by atoms with E-state index in [9.17, 15) is 4.79 Å². The number of nitrogens with one attached hydrogen (secondary N) is 1. The first-order valence-corrected chi connectivity index (χ1v) is 7.11. The molecule has 2 aliphatic heterocycles. The molecule has 1 atom stereocenters. The van der Waals surface area contributed by atoms with Gasteiger partial charge in [-0.2, -0.15) is 0 Å². The van der Waals surface area contributed by atoms with Crippen LogP contribution in [-0.4, -0.2) is 74.2 Å². The minimum Gasteiger partial charge on any atom is -0.381 e. The van der Waals surface area contributed by atoms with Crippen LogP contribution in [0, 0.1) is 0 Å². The fourth-order valence-corrected chi connectivity index (χ4v) is 2.78. The Hall–Kier alpha value is -0.360. The number of nitrogens with zero attached hydrogens (tertiary/aromatic N) is 2. The Morgan fingerprint density at radius 2 is 2.05 bits per heavy atom. The number of amides is 1. The Labute approximate surface area is 122 Å². The standard InChI is InChI=1S/C13H25N3O2.ClH/c1-2-18-10-4-13(17)16-7-3-12(11-16)15-8-5-14-6-9-15;/h12,14H,2-11H2,1H3;1H. The number of carbonyl (C=O) groups excluding carboxylic acids is 1. The summed E-state index contributed by atoms with van der Waals surface area (Å²) in [7, 11) is 0. The van der Waals surface area contributed by atoms with Gasteiger partial charge in [-0.25, -0.2) is 0 Å². The molecule has 19 heavy (non-hydrogen) atoms. The van der Waals surface area contributed by atoms with Gasteiger partial charge in [-0.05, 0) is 13.3 Å². The monoisotopic (exact) mass is 291 g/mol. The second-order valence-electron chi connectivity index (χ2n) is 5.02. The van der Waals surface area contributed by atoms with E-state index >= 15 is 0 Å².